The average molecular weight is 487 g/mol. The van der Waals surface area contributed by atoms with Crippen LogP contribution in [0.1, 0.15) is 62.0 Å². The third kappa shape index (κ3) is 4.38. The minimum atomic E-state index is -1.13. The minimum absolute atomic E-state index is 0.141. The molecule has 1 saturated carbocycles. The fourth-order valence-electron chi connectivity index (χ4n) is 5.36. The molecule has 5 rings (SSSR count). The standard InChI is InChI=1S/C29H34N4O3/c1-4-20-10-12-21(13-11-20)25-18-26-27(34)33(23-14-16-24(36-3)17-15-23)29(2,19-32(26)31-25)28(35)30-22-8-6-5-7-9-22/h10-18,22H,4-9,19H2,1-3H3,(H,30,35)/t29-/m0/s1. The molecule has 0 bridgehead atoms. The van der Waals surface area contributed by atoms with E-state index in [9.17, 15) is 9.59 Å². The van der Waals surface area contributed by atoms with Crippen molar-refractivity contribution in [2.45, 2.75) is 70.5 Å². The first-order valence-corrected chi connectivity index (χ1v) is 12.9. The fourth-order valence-corrected chi connectivity index (χ4v) is 5.36. The second-order valence-electron chi connectivity index (χ2n) is 10.0. The van der Waals surface area contributed by atoms with Crippen molar-refractivity contribution < 1.29 is 14.3 Å². The highest BCUT2D eigenvalue weighted by molar-refractivity contribution is 6.12. The maximum Gasteiger partial charge on any atom is 0.277 e. The van der Waals surface area contributed by atoms with Crippen molar-refractivity contribution in [2.24, 2.45) is 0 Å². The van der Waals surface area contributed by atoms with Crippen LogP contribution in [0.3, 0.4) is 0 Å². The van der Waals surface area contributed by atoms with Crippen LogP contribution in [0.25, 0.3) is 11.3 Å². The van der Waals surface area contributed by atoms with Gasteiger partial charge in [-0.2, -0.15) is 5.10 Å². The topological polar surface area (TPSA) is 76.5 Å². The summed E-state index contributed by atoms with van der Waals surface area (Å²) in [5.41, 5.74) is 2.92. The summed E-state index contributed by atoms with van der Waals surface area (Å²) in [6, 6.07) is 17.5. The van der Waals surface area contributed by atoms with E-state index in [1.54, 1.807) is 16.7 Å². The minimum Gasteiger partial charge on any atom is -0.497 e. The van der Waals surface area contributed by atoms with Crippen LogP contribution in [0.15, 0.2) is 54.6 Å². The van der Waals surface area contributed by atoms with Crippen molar-refractivity contribution in [3.05, 3.63) is 65.9 Å². The Bertz CT molecular complexity index is 1240. The summed E-state index contributed by atoms with van der Waals surface area (Å²) in [6.45, 7) is 4.23. The van der Waals surface area contributed by atoms with E-state index in [-0.39, 0.29) is 24.4 Å². The lowest BCUT2D eigenvalue weighted by Crippen LogP contribution is -2.65. The van der Waals surface area contributed by atoms with Crippen molar-refractivity contribution in [3.63, 3.8) is 0 Å². The van der Waals surface area contributed by atoms with Crippen molar-refractivity contribution in [1.29, 1.82) is 0 Å². The first-order valence-electron chi connectivity index (χ1n) is 12.9. The molecule has 1 N–H and O–H groups in total. The van der Waals surface area contributed by atoms with Gasteiger partial charge in [0.15, 0.2) is 0 Å². The molecule has 0 unspecified atom stereocenters. The average Bonchev–Trinajstić information content (AvgIpc) is 3.33. The van der Waals surface area contributed by atoms with Crippen LogP contribution in [0, 0.1) is 0 Å². The van der Waals surface area contributed by atoms with E-state index in [0.29, 0.717) is 17.1 Å². The SMILES string of the molecule is CCc1ccc(-c2cc3n(n2)C[C@@](C)(C(=O)NC2CCCCC2)N(c2ccc(OC)cc2)C3=O)cc1. The monoisotopic (exact) mass is 486 g/mol. The number of nitrogens with one attached hydrogen (secondary N) is 1. The molecule has 0 radical (unpaired) electrons. The summed E-state index contributed by atoms with van der Waals surface area (Å²) < 4.78 is 7.01. The van der Waals surface area contributed by atoms with E-state index in [2.05, 4.69) is 24.4 Å². The second kappa shape index (κ2) is 9.80. The Morgan fingerprint density at radius 1 is 1.08 bits per heavy atom. The lowest BCUT2D eigenvalue weighted by atomic mass is 9.91. The zero-order chi connectivity index (χ0) is 25.3. The molecule has 2 aliphatic rings. The number of benzene rings is 2. The Morgan fingerprint density at radius 3 is 2.42 bits per heavy atom. The number of rotatable bonds is 6. The van der Waals surface area contributed by atoms with Crippen molar-refractivity contribution >= 4 is 17.5 Å². The molecule has 7 nitrogen and oxygen atoms in total. The van der Waals surface area contributed by atoms with Gasteiger partial charge < -0.3 is 10.1 Å². The van der Waals surface area contributed by atoms with Gasteiger partial charge in [-0.25, -0.2) is 0 Å². The van der Waals surface area contributed by atoms with Gasteiger partial charge in [0.05, 0.1) is 19.3 Å². The number of carbonyl (C=O) groups is 2. The van der Waals surface area contributed by atoms with Crippen LogP contribution >= 0.6 is 0 Å². The number of nitrogens with zero attached hydrogens (tertiary/aromatic N) is 3. The van der Waals surface area contributed by atoms with Gasteiger partial charge in [0.1, 0.15) is 17.0 Å². The van der Waals surface area contributed by atoms with Crippen LogP contribution in [0.4, 0.5) is 5.69 Å². The van der Waals surface area contributed by atoms with Crippen LogP contribution in [-0.2, 0) is 17.8 Å². The smallest absolute Gasteiger partial charge is 0.277 e. The van der Waals surface area contributed by atoms with Gasteiger partial charge in [-0.3, -0.25) is 19.2 Å². The number of anilines is 1. The molecule has 0 spiro atoms. The summed E-state index contributed by atoms with van der Waals surface area (Å²) in [6.07, 6.45) is 6.35. The molecule has 1 fully saturated rings. The van der Waals surface area contributed by atoms with Crippen molar-refractivity contribution in [1.82, 2.24) is 15.1 Å². The molecule has 188 valence electrons. The molecule has 1 atom stereocenters. The number of amides is 2. The Kier molecular flexibility index (Phi) is 6.56. The summed E-state index contributed by atoms with van der Waals surface area (Å²) in [4.78, 5) is 29.4. The number of fused-ring (bicyclic) bond motifs is 1. The van der Waals surface area contributed by atoms with Crippen LogP contribution in [0.5, 0.6) is 5.75 Å². The van der Waals surface area contributed by atoms with Gasteiger partial charge in [0, 0.05) is 17.3 Å². The maximum atomic E-state index is 14.0. The molecule has 2 heterocycles. The van der Waals surface area contributed by atoms with Gasteiger partial charge in [-0.1, -0.05) is 50.5 Å². The van der Waals surface area contributed by atoms with Gasteiger partial charge in [0.2, 0.25) is 5.91 Å². The van der Waals surface area contributed by atoms with Crippen LogP contribution < -0.4 is 15.0 Å². The normalized spacial score (nSPS) is 20.2. The zero-order valence-corrected chi connectivity index (χ0v) is 21.3. The van der Waals surface area contributed by atoms with Gasteiger partial charge >= 0.3 is 0 Å². The van der Waals surface area contributed by atoms with Gasteiger partial charge in [-0.05, 0) is 62.1 Å². The van der Waals surface area contributed by atoms with E-state index >= 15 is 0 Å². The molecule has 2 amide bonds. The summed E-state index contributed by atoms with van der Waals surface area (Å²) in [5.74, 6) is 0.310. The van der Waals surface area contributed by atoms with E-state index in [1.165, 1.54) is 12.0 Å². The molecule has 1 aliphatic carbocycles. The lowest BCUT2D eigenvalue weighted by molar-refractivity contribution is -0.127. The molecule has 1 aliphatic heterocycles. The Hall–Kier alpha value is -3.61. The first-order chi connectivity index (χ1) is 17.4. The fraction of sp³-hybridized carbons (Fsp3) is 0.414. The highest BCUT2D eigenvalue weighted by Crippen LogP contribution is 2.35. The number of ether oxygens (including phenoxy) is 1. The molecular formula is C29H34N4O3. The van der Waals surface area contributed by atoms with E-state index < -0.39 is 5.54 Å². The molecule has 3 aromatic rings. The highest BCUT2D eigenvalue weighted by Gasteiger charge is 2.49. The first kappa shape index (κ1) is 24.1. The Morgan fingerprint density at radius 2 is 1.78 bits per heavy atom. The number of methoxy groups -OCH3 is 1. The number of hydrogen-bond acceptors (Lipinski definition) is 4. The van der Waals surface area contributed by atoms with Crippen molar-refractivity contribution in [3.8, 4) is 17.0 Å². The second-order valence-corrected chi connectivity index (χ2v) is 10.0. The number of hydrogen-bond donors (Lipinski definition) is 1. The lowest BCUT2D eigenvalue weighted by Gasteiger charge is -2.44. The Balaban J connectivity index is 1.53. The van der Waals surface area contributed by atoms with E-state index in [4.69, 9.17) is 9.84 Å². The molecule has 7 heteroatoms. The molecule has 0 saturated heterocycles. The third-order valence-electron chi connectivity index (χ3n) is 7.57. The van der Waals surface area contributed by atoms with Gasteiger partial charge in [-0.15, -0.1) is 0 Å². The summed E-state index contributed by atoms with van der Waals surface area (Å²) in [7, 11) is 1.61. The summed E-state index contributed by atoms with van der Waals surface area (Å²) in [5, 5.41) is 8.03. The molecular weight excluding hydrogens is 452 g/mol. The van der Waals surface area contributed by atoms with E-state index in [0.717, 1.165) is 43.4 Å². The number of carbonyl (C=O) groups excluding carboxylic acids is 2. The maximum absolute atomic E-state index is 14.0. The highest BCUT2D eigenvalue weighted by atomic mass is 16.5. The molecule has 1 aromatic heterocycles. The number of aryl methyl sites for hydroxylation is 1. The molecule has 2 aromatic carbocycles. The number of aromatic nitrogens is 2. The molecule has 36 heavy (non-hydrogen) atoms. The third-order valence-corrected chi connectivity index (χ3v) is 7.57. The van der Waals surface area contributed by atoms with Crippen molar-refractivity contribution in [2.75, 3.05) is 12.0 Å². The van der Waals surface area contributed by atoms with E-state index in [1.807, 2.05) is 49.4 Å². The van der Waals surface area contributed by atoms with Gasteiger partial charge in [0.25, 0.3) is 5.91 Å². The predicted octanol–water partition coefficient (Wildman–Crippen LogP) is 4.99. The largest absolute Gasteiger partial charge is 0.497 e. The zero-order valence-electron chi connectivity index (χ0n) is 21.3. The predicted molar refractivity (Wildman–Crippen MR) is 140 cm³/mol. The van der Waals surface area contributed by atoms with Crippen LogP contribution in [-0.4, -0.2) is 40.3 Å². The Labute approximate surface area is 212 Å². The quantitative estimate of drug-likeness (QED) is 0.533. The van der Waals surface area contributed by atoms with Crippen LogP contribution in [0.2, 0.25) is 0 Å². The summed E-state index contributed by atoms with van der Waals surface area (Å²) >= 11 is 0.